The molecule has 5 nitrogen and oxygen atoms in total. The van der Waals surface area contributed by atoms with Crippen molar-refractivity contribution in [2.75, 3.05) is 39.3 Å². The highest BCUT2D eigenvalue weighted by Gasteiger charge is 2.20. The molecule has 10 heteroatoms. The van der Waals surface area contributed by atoms with Gasteiger partial charge in [0.15, 0.2) is 0 Å². The summed E-state index contributed by atoms with van der Waals surface area (Å²) in [5.74, 6) is -1.83. The Balaban J connectivity index is 0.00000264. The lowest BCUT2D eigenvalue weighted by atomic mass is 10.2. The molecule has 0 saturated carbocycles. The standard InChI is InChI=1S/C14H21F2N3O2S.2ClH/c1-11-9-14(13(16)10-12(11)15)22(20,21)18-3-2-6-19-7-4-17-5-8-19;;/h9-10,17-18H,2-8H2,1H3;2*1H. The number of hydrogen-bond acceptors (Lipinski definition) is 4. The average Bonchev–Trinajstić information content (AvgIpc) is 2.48. The van der Waals surface area contributed by atoms with E-state index >= 15 is 0 Å². The van der Waals surface area contributed by atoms with Gasteiger partial charge in [-0.15, -0.1) is 24.8 Å². The average molecular weight is 406 g/mol. The van der Waals surface area contributed by atoms with Crippen molar-refractivity contribution < 1.29 is 17.2 Å². The number of nitrogens with zero attached hydrogens (tertiary/aromatic N) is 1. The minimum Gasteiger partial charge on any atom is -0.314 e. The largest absolute Gasteiger partial charge is 0.314 e. The molecule has 2 rings (SSSR count). The smallest absolute Gasteiger partial charge is 0.243 e. The summed E-state index contributed by atoms with van der Waals surface area (Å²) in [4.78, 5) is 1.74. The fourth-order valence-corrected chi connectivity index (χ4v) is 3.57. The predicted molar refractivity (Wildman–Crippen MR) is 94.7 cm³/mol. The van der Waals surface area contributed by atoms with Crippen LogP contribution in [0.4, 0.5) is 8.78 Å². The van der Waals surface area contributed by atoms with Crippen LogP contribution in [0.3, 0.4) is 0 Å². The van der Waals surface area contributed by atoms with E-state index in [1.54, 1.807) is 0 Å². The molecule has 0 unspecified atom stereocenters. The summed E-state index contributed by atoms with van der Waals surface area (Å²) in [7, 11) is -3.96. The van der Waals surface area contributed by atoms with E-state index < -0.39 is 26.6 Å². The molecule has 0 aliphatic carbocycles. The maximum atomic E-state index is 13.7. The van der Waals surface area contributed by atoms with Crippen LogP contribution in [0.25, 0.3) is 0 Å². The monoisotopic (exact) mass is 405 g/mol. The van der Waals surface area contributed by atoms with Crippen LogP contribution >= 0.6 is 24.8 Å². The Morgan fingerprint density at radius 2 is 1.79 bits per heavy atom. The van der Waals surface area contributed by atoms with Crippen LogP contribution in [0.1, 0.15) is 12.0 Å². The second-order valence-corrected chi connectivity index (χ2v) is 7.11. The first-order chi connectivity index (χ1) is 10.4. The minimum absolute atomic E-state index is 0. The van der Waals surface area contributed by atoms with E-state index in [-0.39, 0.29) is 36.9 Å². The third-order valence-corrected chi connectivity index (χ3v) is 5.13. The summed E-state index contributed by atoms with van der Waals surface area (Å²) in [6.07, 6.45) is 0.640. The van der Waals surface area contributed by atoms with Gasteiger partial charge in [-0.05, 0) is 31.5 Å². The summed E-state index contributed by atoms with van der Waals surface area (Å²) >= 11 is 0. The molecular formula is C14H23Cl2F2N3O2S. The van der Waals surface area contributed by atoms with Crippen molar-refractivity contribution >= 4 is 34.8 Å². The molecule has 0 aromatic heterocycles. The molecule has 0 radical (unpaired) electrons. The van der Waals surface area contributed by atoms with Gasteiger partial charge in [-0.2, -0.15) is 0 Å². The number of piperazine rings is 1. The van der Waals surface area contributed by atoms with Crippen molar-refractivity contribution in [1.29, 1.82) is 0 Å². The number of rotatable bonds is 6. The van der Waals surface area contributed by atoms with E-state index in [9.17, 15) is 17.2 Å². The highest BCUT2D eigenvalue weighted by molar-refractivity contribution is 7.89. The summed E-state index contributed by atoms with van der Waals surface area (Å²) < 4.78 is 53.4. The van der Waals surface area contributed by atoms with Crippen LogP contribution in [0, 0.1) is 18.6 Å². The third-order valence-electron chi connectivity index (χ3n) is 3.66. The summed E-state index contributed by atoms with van der Waals surface area (Å²) in [5.41, 5.74) is 0.0996. The molecule has 1 aromatic carbocycles. The van der Waals surface area contributed by atoms with E-state index in [0.29, 0.717) is 12.5 Å². The molecule has 0 spiro atoms. The van der Waals surface area contributed by atoms with Crippen molar-refractivity contribution in [2.24, 2.45) is 0 Å². The molecule has 1 saturated heterocycles. The van der Waals surface area contributed by atoms with E-state index in [2.05, 4.69) is 14.9 Å². The summed E-state index contributed by atoms with van der Waals surface area (Å²) in [6, 6.07) is 1.62. The molecule has 1 aliphatic heterocycles. The zero-order valence-electron chi connectivity index (χ0n) is 13.3. The molecule has 0 bridgehead atoms. The first-order valence-electron chi connectivity index (χ1n) is 7.28. The molecule has 24 heavy (non-hydrogen) atoms. The fraction of sp³-hybridized carbons (Fsp3) is 0.571. The molecule has 2 N–H and O–H groups in total. The fourth-order valence-electron chi connectivity index (χ4n) is 2.36. The maximum Gasteiger partial charge on any atom is 0.243 e. The second kappa shape index (κ2) is 10.5. The number of hydrogen-bond donors (Lipinski definition) is 2. The Labute approximate surface area is 154 Å². The molecule has 1 heterocycles. The second-order valence-electron chi connectivity index (χ2n) is 5.37. The van der Waals surface area contributed by atoms with Gasteiger partial charge in [0.05, 0.1) is 0 Å². The zero-order valence-corrected chi connectivity index (χ0v) is 15.8. The van der Waals surface area contributed by atoms with Gasteiger partial charge in [0.1, 0.15) is 16.5 Å². The highest BCUT2D eigenvalue weighted by atomic mass is 35.5. The first kappa shape index (κ1) is 23.5. The Morgan fingerprint density at radius 3 is 2.42 bits per heavy atom. The summed E-state index contributed by atoms with van der Waals surface area (Å²) in [5, 5.41) is 3.24. The van der Waals surface area contributed by atoms with Gasteiger partial charge in [-0.25, -0.2) is 21.9 Å². The number of nitrogens with one attached hydrogen (secondary N) is 2. The third kappa shape index (κ3) is 6.42. The van der Waals surface area contributed by atoms with Crippen LogP contribution in [-0.2, 0) is 10.0 Å². The Hall–Kier alpha value is -0.510. The normalized spacial score (nSPS) is 15.5. The minimum atomic E-state index is -3.96. The van der Waals surface area contributed by atoms with Gasteiger partial charge in [-0.3, -0.25) is 0 Å². The predicted octanol–water partition coefficient (Wildman–Crippen LogP) is 1.69. The van der Waals surface area contributed by atoms with Crippen LogP contribution in [0.15, 0.2) is 17.0 Å². The van der Waals surface area contributed by atoms with Crippen LogP contribution < -0.4 is 10.0 Å². The van der Waals surface area contributed by atoms with E-state index in [4.69, 9.17) is 0 Å². The van der Waals surface area contributed by atoms with Gasteiger partial charge in [0.25, 0.3) is 0 Å². The quantitative estimate of drug-likeness (QED) is 0.706. The van der Waals surface area contributed by atoms with E-state index in [1.165, 1.54) is 6.92 Å². The molecule has 1 aromatic rings. The first-order valence-corrected chi connectivity index (χ1v) is 8.77. The van der Waals surface area contributed by atoms with Crippen molar-refractivity contribution in [2.45, 2.75) is 18.2 Å². The molecule has 1 aliphatic rings. The lowest BCUT2D eigenvalue weighted by Crippen LogP contribution is -2.44. The topological polar surface area (TPSA) is 61.4 Å². The Bertz CT molecular complexity index is 627. The SMILES string of the molecule is Cc1cc(S(=O)(=O)NCCCN2CCNCC2)c(F)cc1F.Cl.Cl. The number of aryl methyl sites for hydroxylation is 1. The van der Waals surface area contributed by atoms with Gasteiger partial charge in [-0.1, -0.05) is 0 Å². The lowest BCUT2D eigenvalue weighted by molar-refractivity contribution is 0.239. The Morgan fingerprint density at radius 1 is 1.17 bits per heavy atom. The van der Waals surface area contributed by atoms with Gasteiger partial charge < -0.3 is 10.2 Å². The molecular weight excluding hydrogens is 383 g/mol. The van der Waals surface area contributed by atoms with Gasteiger partial charge in [0.2, 0.25) is 10.0 Å². The van der Waals surface area contributed by atoms with E-state index in [0.717, 1.165) is 38.8 Å². The number of halogens is 4. The van der Waals surface area contributed by atoms with Crippen molar-refractivity contribution in [3.05, 3.63) is 29.3 Å². The van der Waals surface area contributed by atoms with Gasteiger partial charge in [0, 0.05) is 38.8 Å². The molecule has 0 amide bonds. The van der Waals surface area contributed by atoms with Crippen LogP contribution in [0.5, 0.6) is 0 Å². The van der Waals surface area contributed by atoms with E-state index in [1.807, 2.05) is 0 Å². The van der Waals surface area contributed by atoms with Crippen molar-refractivity contribution in [3.8, 4) is 0 Å². The zero-order chi connectivity index (χ0) is 16.2. The summed E-state index contributed by atoms with van der Waals surface area (Å²) in [6.45, 7) is 6.17. The Kier molecular flexibility index (Phi) is 10.3. The molecule has 1 fully saturated rings. The van der Waals surface area contributed by atoms with Crippen LogP contribution in [0.2, 0.25) is 0 Å². The molecule has 0 atom stereocenters. The molecule has 140 valence electrons. The van der Waals surface area contributed by atoms with Crippen LogP contribution in [-0.4, -0.2) is 52.6 Å². The number of benzene rings is 1. The highest BCUT2D eigenvalue weighted by Crippen LogP contribution is 2.18. The maximum absolute atomic E-state index is 13.7. The lowest BCUT2D eigenvalue weighted by Gasteiger charge is -2.27. The van der Waals surface area contributed by atoms with Gasteiger partial charge >= 0.3 is 0 Å². The number of sulfonamides is 1. The van der Waals surface area contributed by atoms with Crippen molar-refractivity contribution in [1.82, 2.24) is 14.9 Å². The van der Waals surface area contributed by atoms with Crippen molar-refractivity contribution in [3.63, 3.8) is 0 Å².